The van der Waals surface area contributed by atoms with E-state index in [0.717, 1.165) is 34.5 Å². The lowest BCUT2D eigenvalue weighted by Crippen LogP contribution is -2.67. The van der Waals surface area contributed by atoms with Gasteiger partial charge in [-0.15, -0.1) is 0 Å². The minimum Gasteiger partial charge on any atom is -0.497 e. The molecule has 0 aliphatic carbocycles. The van der Waals surface area contributed by atoms with Crippen molar-refractivity contribution in [1.82, 2.24) is 24.3 Å². The Balaban J connectivity index is 1.45. The highest BCUT2D eigenvalue weighted by Crippen LogP contribution is 2.50. The molecule has 0 saturated carbocycles. The number of hydrogen-bond acceptors (Lipinski definition) is 6. The molecule has 1 fully saturated rings. The van der Waals surface area contributed by atoms with Crippen LogP contribution in [0.1, 0.15) is 33.2 Å². The highest BCUT2D eigenvalue weighted by atomic mass is 16.5. The van der Waals surface area contributed by atoms with Crippen LogP contribution in [0, 0.1) is 0 Å². The van der Waals surface area contributed by atoms with Crippen LogP contribution < -0.4 is 4.74 Å². The van der Waals surface area contributed by atoms with Crippen LogP contribution in [0.25, 0.3) is 10.9 Å². The molecule has 1 saturated heterocycles. The van der Waals surface area contributed by atoms with Crippen molar-refractivity contribution in [3.05, 3.63) is 89.6 Å². The summed E-state index contributed by atoms with van der Waals surface area (Å²) in [4.78, 5) is 25.9. The Morgan fingerprint density at radius 2 is 1.89 bits per heavy atom. The van der Waals surface area contributed by atoms with Crippen LogP contribution in [0.2, 0.25) is 0 Å². The fraction of sp³-hybridized carbons (Fsp3) is 0.321. The van der Waals surface area contributed by atoms with E-state index in [-0.39, 0.29) is 24.0 Å². The number of nitrogens with zero attached hydrogens (tertiary/aromatic N) is 5. The Labute approximate surface area is 209 Å². The predicted molar refractivity (Wildman–Crippen MR) is 136 cm³/mol. The fourth-order valence-corrected chi connectivity index (χ4v) is 6.11. The number of aliphatic hydroxyl groups excluding tert-OH is 1. The van der Waals surface area contributed by atoms with Gasteiger partial charge in [0.2, 0.25) is 0 Å². The molecule has 3 aromatic heterocycles. The molecule has 5 heterocycles. The van der Waals surface area contributed by atoms with Crippen molar-refractivity contribution in [2.45, 2.75) is 18.0 Å². The van der Waals surface area contributed by atoms with Gasteiger partial charge >= 0.3 is 0 Å². The molecule has 6 rings (SSSR count). The van der Waals surface area contributed by atoms with Crippen molar-refractivity contribution < 1.29 is 14.6 Å². The first-order valence-electron chi connectivity index (χ1n) is 12.1. The van der Waals surface area contributed by atoms with Crippen LogP contribution in [0.4, 0.5) is 0 Å². The lowest BCUT2D eigenvalue weighted by molar-refractivity contribution is -0.00373. The van der Waals surface area contributed by atoms with E-state index in [1.54, 1.807) is 31.8 Å². The molecule has 4 aromatic rings. The summed E-state index contributed by atoms with van der Waals surface area (Å²) in [5.74, 6) is 0.796. The van der Waals surface area contributed by atoms with E-state index in [1.165, 1.54) is 5.56 Å². The zero-order valence-electron chi connectivity index (χ0n) is 20.5. The number of rotatable bonds is 5. The van der Waals surface area contributed by atoms with E-state index in [2.05, 4.69) is 44.7 Å². The number of aryl methyl sites for hydroxylation is 1. The van der Waals surface area contributed by atoms with Gasteiger partial charge in [-0.2, -0.15) is 0 Å². The first kappa shape index (κ1) is 22.7. The first-order valence-corrected chi connectivity index (χ1v) is 12.1. The van der Waals surface area contributed by atoms with Crippen molar-refractivity contribution in [2.75, 3.05) is 33.4 Å². The summed E-state index contributed by atoms with van der Waals surface area (Å²) in [6, 6.07) is 13.6. The Morgan fingerprint density at radius 1 is 1.11 bits per heavy atom. The topological polar surface area (TPSA) is 83.7 Å². The maximum atomic E-state index is 13.2. The van der Waals surface area contributed by atoms with Crippen molar-refractivity contribution in [2.24, 2.45) is 7.05 Å². The second-order valence-electron chi connectivity index (χ2n) is 9.85. The lowest BCUT2D eigenvalue weighted by Gasteiger charge is -2.56. The zero-order chi connectivity index (χ0) is 24.9. The molecule has 2 aliphatic heterocycles. The van der Waals surface area contributed by atoms with E-state index >= 15 is 0 Å². The number of aliphatic hydroxyl groups is 1. The number of aromatic nitrogens is 3. The summed E-state index contributed by atoms with van der Waals surface area (Å²) in [7, 11) is 3.73. The van der Waals surface area contributed by atoms with E-state index in [9.17, 15) is 9.90 Å². The van der Waals surface area contributed by atoms with E-state index in [0.29, 0.717) is 25.2 Å². The molecule has 0 bridgehead atoms. The summed E-state index contributed by atoms with van der Waals surface area (Å²) >= 11 is 0. The van der Waals surface area contributed by atoms with Crippen molar-refractivity contribution in [3.8, 4) is 5.75 Å². The molecule has 0 radical (unpaired) electrons. The molecule has 2 aliphatic rings. The van der Waals surface area contributed by atoms with Crippen molar-refractivity contribution in [3.63, 3.8) is 0 Å². The van der Waals surface area contributed by atoms with Gasteiger partial charge in [0.15, 0.2) is 0 Å². The summed E-state index contributed by atoms with van der Waals surface area (Å²) in [6.45, 7) is 2.63. The standard InChI is InChI=1S/C28H29N5O3/c1-31-23-11-21(36-2)7-8-22(23)25-26(31)24(15-34)32(14-19-5-3-9-29-12-19)16-28(25)17-33(18-28)27(35)20-6-4-10-30-13-20/h3-13,24,34H,14-18H2,1-2H3/t24-/m1/s1. The first-order chi connectivity index (χ1) is 17.5. The average Bonchev–Trinajstić information content (AvgIpc) is 3.19. The summed E-state index contributed by atoms with van der Waals surface area (Å²) in [6.07, 6.45) is 6.95. The van der Waals surface area contributed by atoms with E-state index in [1.807, 2.05) is 29.3 Å². The Bertz CT molecular complexity index is 1410. The number of likely N-dealkylation sites (tertiary alicyclic amines) is 1. The van der Waals surface area contributed by atoms with Gasteiger partial charge in [-0.1, -0.05) is 6.07 Å². The lowest BCUT2D eigenvalue weighted by atomic mass is 9.68. The summed E-state index contributed by atoms with van der Waals surface area (Å²) < 4.78 is 7.70. The molecule has 0 unspecified atom stereocenters. The second-order valence-corrected chi connectivity index (χ2v) is 9.85. The predicted octanol–water partition coefficient (Wildman–Crippen LogP) is 2.92. The largest absolute Gasteiger partial charge is 0.497 e. The molecule has 184 valence electrons. The summed E-state index contributed by atoms with van der Waals surface area (Å²) in [5.41, 5.74) is 4.86. The molecule has 1 amide bonds. The molecule has 1 N–H and O–H groups in total. The monoisotopic (exact) mass is 483 g/mol. The number of ether oxygens (including phenoxy) is 1. The number of benzene rings is 1. The van der Waals surface area contributed by atoms with Crippen LogP contribution in [-0.4, -0.2) is 68.7 Å². The van der Waals surface area contributed by atoms with E-state index < -0.39 is 0 Å². The Hall–Kier alpha value is -3.75. The molecule has 8 nitrogen and oxygen atoms in total. The SMILES string of the molecule is COc1ccc2c3c(n(C)c2c1)[C@@H](CO)N(Cc1cccnc1)CC31CN(C(=O)c2cccnc2)C1. The van der Waals surface area contributed by atoms with Gasteiger partial charge in [0.1, 0.15) is 5.75 Å². The van der Waals surface area contributed by atoms with Crippen LogP contribution in [0.5, 0.6) is 5.75 Å². The molecule has 1 aromatic carbocycles. The average molecular weight is 484 g/mol. The van der Waals surface area contributed by atoms with Crippen LogP contribution in [0.3, 0.4) is 0 Å². The highest BCUT2D eigenvalue weighted by molar-refractivity contribution is 5.95. The van der Waals surface area contributed by atoms with Gasteiger partial charge in [0.05, 0.1) is 30.8 Å². The molecule has 1 atom stereocenters. The third-order valence-corrected chi connectivity index (χ3v) is 7.71. The smallest absolute Gasteiger partial charge is 0.255 e. The molecular formula is C28H29N5O3. The van der Waals surface area contributed by atoms with Crippen molar-refractivity contribution in [1.29, 1.82) is 0 Å². The van der Waals surface area contributed by atoms with Crippen LogP contribution in [-0.2, 0) is 19.0 Å². The van der Waals surface area contributed by atoms with E-state index in [4.69, 9.17) is 4.74 Å². The Morgan fingerprint density at radius 3 is 2.56 bits per heavy atom. The minimum absolute atomic E-state index is 0.000252. The van der Waals surface area contributed by atoms with Gasteiger partial charge in [0.25, 0.3) is 5.91 Å². The van der Waals surface area contributed by atoms with Crippen LogP contribution >= 0.6 is 0 Å². The highest BCUT2D eigenvalue weighted by Gasteiger charge is 2.54. The number of pyridine rings is 2. The van der Waals surface area contributed by atoms with Gasteiger partial charge < -0.3 is 19.3 Å². The third-order valence-electron chi connectivity index (χ3n) is 7.71. The van der Waals surface area contributed by atoms with Crippen LogP contribution in [0.15, 0.2) is 67.3 Å². The molecule has 1 spiro atoms. The quantitative estimate of drug-likeness (QED) is 0.470. The molecular weight excluding hydrogens is 454 g/mol. The van der Waals surface area contributed by atoms with Gasteiger partial charge in [-0.25, -0.2) is 0 Å². The minimum atomic E-state index is -0.241. The second kappa shape index (κ2) is 8.72. The Kier molecular flexibility index (Phi) is 5.50. The number of methoxy groups -OCH3 is 1. The number of carbonyl (C=O) groups excluding carboxylic acids is 1. The molecule has 36 heavy (non-hydrogen) atoms. The number of carbonyl (C=O) groups is 1. The van der Waals surface area contributed by atoms with Gasteiger partial charge in [-0.3, -0.25) is 19.7 Å². The van der Waals surface area contributed by atoms with Gasteiger partial charge in [-0.05, 0) is 41.5 Å². The number of hydrogen-bond donors (Lipinski definition) is 1. The molecule has 8 heteroatoms. The normalized spacial score (nSPS) is 18.8. The zero-order valence-corrected chi connectivity index (χ0v) is 20.5. The number of fused-ring (bicyclic) bond motifs is 4. The fourth-order valence-electron chi connectivity index (χ4n) is 6.11. The summed E-state index contributed by atoms with van der Waals surface area (Å²) in [5, 5.41) is 11.8. The maximum absolute atomic E-state index is 13.2. The maximum Gasteiger partial charge on any atom is 0.255 e. The number of amides is 1. The third kappa shape index (κ3) is 3.48. The van der Waals surface area contributed by atoms with Gasteiger partial charge in [0, 0.05) is 80.6 Å². The van der Waals surface area contributed by atoms with Crippen molar-refractivity contribution >= 4 is 16.8 Å².